The molecule has 1 fully saturated rings. The number of nitrogen functional groups attached to an aromatic ring is 1. The fraction of sp³-hybridized carbons (Fsp3) is 0.692. The standard InChI is InChI=1S/C13H21N3O/c1-4-10-9(2)11(14)16-12(15-10)13(17-3)7-5-6-8-13/h4-8H2,1-3H3,(H2,14,15,16). The molecule has 0 aliphatic heterocycles. The molecular formula is C13H21N3O. The summed E-state index contributed by atoms with van der Waals surface area (Å²) in [5.74, 6) is 1.37. The molecule has 1 aromatic heterocycles. The fourth-order valence-electron chi connectivity index (χ4n) is 2.60. The van der Waals surface area contributed by atoms with Crippen molar-refractivity contribution in [1.82, 2.24) is 9.97 Å². The van der Waals surface area contributed by atoms with E-state index in [-0.39, 0.29) is 5.60 Å². The molecule has 0 spiro atoms. The Labute approximate surface area is 103 Å². The van der Waals surface area contributed by atoms with E-state index in [0.717, 1.165) is 36.3 Å². The minimum absolute atomic E-state index is 0.300. The maximum atomic E-state index is 5.97. The van der Waals surface area contributed by atoms with E-state index in [0.29, 0.717) is 5.82 Å². The Hall–Kier alpha value is -1.16. The lowest BCUT2D eigenvalue weighted by molar-refractivity contribution is -0.0163. The zero-order valence-corrected chi connectivity index (χ0v) is 10.9. The summed E-state index contributed by atoms with van der Waals surface area (Å²) >= 11 is 0. The van der Waals surface area contributed by atoms with E-state index in [4.69, 9.17) is 10.5 Å². The van der Waals surface area contributed by atoms with Crippen molar-refractivity contribution >= 4 is 5.82 Å². The first kappa shape index (κ1) is 12.3. The molecule has 4 heteroatoms. The highest BCUT2D eigenvalue weighted by molar-refractivity contribution is 5.41. The van der Waals surface area contributed by atoms with Gasteiger partial charge < -0.3 is 10.5 Å². The van der Waals surface area contributed by atoms with Crippen molar-refractivity contribution in [3.63, 3.8) is 0 Å². The highest BCUT2D eigenvalue weighted by Crippen LogP contribution is 2.40. The Morgan fingerprint density at radius 1 is 1.29 bits per heavy atom. The molecular weight excluding hydrogens is 214 g/mol. The second-order valence-corrected chi connectivity index (χ2v) is 4.76. The van der Waals surface area contributed by atoms with E-state index in [1.807, 2.05) is 6.92 Å². The number of hydrogen-bond donors (Lipinski definition) is 1. The number of aryl methyl sites for hydroxylation is 1. The number of nitrogens with two attached hydrogens (primary N) is 1. The molecule has 1 saturated carbocycles. The van der Waals surface area contributed by atoms with Gasteiger partial charge in [0.1, 0.15) is 11.4 Å². The molecule has 2 rings (SSSR count). The molecule has 94 valence electrons. The van der Waals surface area contributed by atoms with Gasteiger partial charge in [0.15, 0.2) is 5.82 Å². The summed E-state index contributed by atoms with van der Waals surface area (Å²) in [6, 6.07) is 0. The van der Waals surface area contributed by atoms with Gasteiger partial charge in [0, 0.05) is 18.4 Å². The van der Waals surface area contributed by atoms with E-state index in [2.05, 4.69) is 16.9 Å². The van der Waals surface area contributed by atoms with E-state index < -0.39 is 0 Å². The average Bonchev–Trinajstić information content (AvgIpc) is 2.82. The molecule has 0 unspecified atom stereocenters. The van der Waals surface area contributed by atoms with Gasteiger partial charge in [-0.25, -0.2) is 9.97 Å². The quantitative estimate of drug-likeness (QED) is 0.873. The van der Waals surface area contributed by atoms with Crippen LogP contribution in [0.1, 0.15) is 49.7 Å². The van der Waals surface area contributed by atoms with Crippen molar-refractivity contribution in [2.75, 3.05) is 12.8 Å². The molecule has 1 aliphatic carbocycles. The first-order chi connectivity index (χ1) is 8.13. The van der Waals surface area contributed by atoms with Gasteiger partial charge in [0.05, 0.1) is 0 Å². The Kier molecular flexibility index (Phi) is 3.33. The number of aromatic nitrogens is 2. The summed E-state index contributed by atoms with van der Waals surface area (Å²) in [7, 11) is 1.75. The molecule has 0 amide bonds. The van der Waals surface area contributed by atoms with E-state index >= 15 is 0 Å². The van der Waals surface area contributed by atoms with Crippen molar-refractivity contribution in [1.29, 1.82) is 0 Å². The Morgan fingerprint density at radius 2 is 1.94 bits per heavy atom. The first-order valence-corrected chi connectivity index (χ1v) is 6.31. The zero-order chi connectivity index (χ0) is 12.5. The van der Waals surface area contributed by atoms with Crippen molar-refractivity contribution in [2.45, 2.75) is 51.6 Å². The maximum Gasteiger partial charge on any atom is 0.162 e. The van der Waals surface area contributed by atoms with Gasteiger partial charge in [-0.05, 0) is 39.0 Å². The Morgan fingerprint density at radius 3 is 2.47 bits per heavy atom. The molecule has 0 aromatic carbocycles. The number of ether oxygens (including phenoxy) is 1. The predicted molar refractivity (Wildman–Crippen MR) is 67.7 cm³/mol. The molecule has 4 nitrogen and oxygen atoms in total. The van der Waals surface area contributed by atoms with Crippen LogP contribution >= 0.6 is 0 Å². The minimum atomic E-state index is -0.300. The lowest BCUT2D eigenvalue weighted by Gasteiger charge is -2.26. The van der Waals surface area contributed by atoms with Gasteiger partial charge in [-0.1, -0.05) is 6.92 Å². The average molecular weight is 235 g/mol. The normalized spacial score (nSPS) is 18.5. The van der Waals surface area contributed by atoms with Gasteiger partial charge in [-0.2, -0.15) is 0 Å². The first-order valence-electron chi connectivity index (χ1n) is 6.31. The molecule has 0 radical (unpaired) electrons. The monoisotopic (exact) mass is 235 g/mol. The van der Waals surface area contributed by atoms with Crippen LogP contribution in [0.2, 0.25) is 0 Å². The summed E-state index contributed by atoms with van der Waals surface area (Å²) in [5.41, 5.74) is 7.71. The lowest BCUT2D eigenvalue weighted by Crippen LogP contribution is -2.28. The van der Waals surface area contributed by atoms with Crippen LogP contribution in [0, 0.1) is 6.92 Å². The maximum absolute atomic E-state index is 5.97. The van der Waals surface area contributed by atoms with Gasteiger partial charge >= 0.3 is 0 Å². The van der Waals surface area contributed by atoms with Crippen LogP contribution in [0.4, 0.5) is 5.82 Å². The number of hydrogen-bond acceptors (Lipinski definition) is 4. The van der Waals surface area contributed by atoms with Gasteiger partial charge in [-0.3, -0.25) is 0 Å². The minimum Gasteiger partial charge on any atom is -0.383 e. The van der Waals surface area contributed by atoms with Crippen LogP contribution in [-0.2, 0) is 16.8 Å². The highest BCUT2D eigenvalue weighted by atomic mass is 16.5. The zero-order valence-electron chi connectivity index (χ0n) is 10.9. The van der Waals surface area contributed by atoms with Crippen molar-refractivity contribution in [2.24, 2.45) is 0 Å². The van der Waals surface area contributed by atoms with Crippen LogP contribution < -0.4 is 5.73 Å². The predicted octanol–water partition coefficient (Wildman–Crippen LogP) is 2.35. The summed E-state index contributed by atoms with van der Waals surface area (Å²) in [4.78, 5) is 9.11. The highest BCUT2D eigenvalue weighted by Gasteiger charge is 2.39. The largest absolute Gasteiger partial charge is 0.383 e. The third kappa shape index (κ3) is 2.02. The number of rotatable bonds is 3. The second-order valence-electron chi connectivity index (χ2n) is 4.76. The van der Waals surface area contributed by atoms with Crippen LogP contribution in [0.15, 0.2) is 0 Å². The van der Waals surface area contributed by atoms with Crippen molar-refractivity contribution < 1.29 is 4.74 Å². The second kappa shape index (κ2) is 4.61. The topological polar surface area (TPSA) is 61.0 Å². The molecule has 1 aliphatic rings. The summed E-state index contributed by atoms with van der Waals surface area (Å²) < 4.78 is 5.70. The van der Waals surface area contributed by atoms with Crippen LogP contribution in [0.3, 0.4) is 0 Å². The van der Waals surface area contributed by atoms with Gasteiger partial charge in [-0.15, -0.1) is 0 Å². The molecule has 2 N–H and O–H groups in total. The Bertz CT molecular complexity index is 411. The van der Waals surface area contributed by atoms with Crippen molar-refractivity contribution in [3.8, 4) is 0 Å². The van der Waals surface area contributed by atoms with Gasteiger partial charge in [0.2, 0.25) is 0 Å². The Balaban J connectivity index is 2.48. The van der Waals surface area contributed by atoms with E-state index in [1.54, 1.807) is 7.11 Å². The van der Waals surface area contributed by atoms with Crippen LogP contribution in [0.25, 0.3) is 0 Å². The lowest BCUT2D eigenvalue weighted by atomic mass is 10.0. The molecule has 1 heterocycles. The summed E-state index contributed by atoms with van der Waals surface area (Å²) in [5, 5.41) is 0. The SMILES string of the molecule is CCc1nc(C2(OC)CCCC2)nc(N)c1C. The third-order valence-electron chi connectivity index (χ3n) is 3.83. The molecule has 0 saturated heterocycles. The van der Waals surface area contributed by atoms with Crippen molar-refractivity contribution in [3.05, 3.63) is 17.1 Å². The number of anilines is 1. The fourth-order valence-corrected chi connectivity index (χ4v) is 2.60. The summed E-state index contributed by atoms with van der Waals surface area (Å²) in [6.07, 6.45) is 5.22. The van der Waals surface area contributed by atoms with Gasteiger partial charge in [0.25, 0.3) is 0 Å². The molecule has 0 atom stereocenters. The van der Waals surface area contributed by atoms with Crippen LogP contribution in [-0.4, -0.2) is 17.1 Å². The van der Waals surface area contributed by atoms with E-state index in [1.165, 1.54) is 12.8 Å². The molecule has 1 aromatic rings. The molecule has 17 heavy (non-hydrogen) atoms. The third-order valence-corrected chi connectivity index (χ3v) is 3.83. The number of nitrogens with zero attached hydrogens (tertiary/aromatic N) is 2. The number of methoxy groups -OCH3 is 1. The smallest absolute Gasteiger partial charge is 0.162 e. The van der Waals surface area contributed by atoms with Crippen LogP contribution in [0.5, 0.6) is 0 Å². The molecule has 0 bridgehead atoms. The summed E-state index contributed by atoms with van der Waals surface area (Å²) in [6.45, 7) is 4.07. The van der Waals surface area contributed by atoms with E-state index in [9.17, 15) is 0 Å².